The number of anilines is 1. The maximum Gasteiger partial charge on any atom is 0.0667 e. The molecule has 104 valence electrons. The summed E-state index contributed by atoms with van der Waals surface area (Å²) in [7, 11) is 2.06. The van der Waals surface area contributed by atoms with Gasteiger partial charge in [0.15, 0.2) is 0 Å². The highest BCUT2D eigenvalue weighted by Gasteiger charge is 2.17. The smallest absolute Gasteiger partial charge is 0.0667 e. The molecule has 2 rings (SSSR count). The molecular weight excluding hydrogens is 258 g/mol. The quantitative estimate of drug-likeness (QED) is 0.518. The van der Waals surface area contributed by atoms with Gasteiger partial charge in [0.05, 0.1) is 5.71 Å². The van der Waals surface area contributed by atoms with E-state index in [9.17, 15) is 0 Å². The highest BCUT2D eigenvalue weighted by molar-refractivity contribution is 6.31. The van der Waals surface area contributed by atoms with Crippen molar-refractivity contribution < 1.29 is 0 Å². The summed E-state index contributed by atoms with van der Waals surface area (Å²) >= 11 is 6.02. The van der Waals surface area contributed by atoms with Crippen molar-refractivity contribution in [1.29, 1.82) is 0 Å². The summed E-state index contributed by atoms with van der Waals surface area (Å²) in [4.78, 5) is 0. The molecule has 0 aliphatic heterocycles. The van der Waals surface area contributed by atoms with E-state index in [4.69, 9.17) is 17.3 Å². The van der Waals surface area contributed by atoms with Crippen LogP contribution in [0.5, 0.6) is 0 Å². The lowest BCUT2D eigenvalue weighted by Crippen LogP contribution is -2.30. The second-order valence-electron chi connectivity index (χ2n) is 5.28. The number of hydrazone groups is 1. The Balaban J connectivity index is 2.15. The fourth-order valence-electron chi connectivity index (χ4n) is 2.67. The van der Waals surface area contributed by atoms with Crippen molar-refractivity contribution in [2.24, 2.45) is 5.10 Å². The van der Waals surface area contributed by atoms with Crippen molar-refractivity contribution in [3.8, 4) is 0 Å². The molecule has 4 heteroatoms. The lowest BCUT2D eigenvalue weighted by atomic mass is 9.95. The van der Waals surface area contributed by atoms with E-state index in [1.54, 1.807) is 6.07 Å². The zero-order valence-electron chi connectivity index (χ0n) is 11.7. The van der Waals surface area contributed by atoms with E-state index in [2.05, 4.69) is 17.2 Å². The van der Waals surface area contributed by atoms with E-state index in [1.807, 2.05) is 19.1 Å². The summed E-state index contributed by atoms with van der Waals surface area (Å²) in [5, 5.41) is 7.47. The Morgan fingerprint density at radius 3 is 2.68 bits per heavy atom. The molecule has 0 amide bonds. The molecular formula is C15H22ClN3. The number of nitrogen functional groups attached to an aromatic ring is 1. The Bertz CT molecular complexity index is 464. The van der Waals surface area contributed by atoms with Gasteiger partial charge in [-0.1, -0.05) is 30.9 Å². The summed E-state index contributed by atoms with van der Waals surface area (Å²) in [6.07, 6.45) is 6.44. The van der Waals surface area contributed by atoms with E-state index in [1.165, 1.54) is 32.1 Å². The van der Waals surface area contributed by atoms with Crippen LogP contribution in [0, 0.1) is 0 Å². The van der Waals surface area contributed by atoms with Gasteiger partial charge in [0, 0.05) is 29.4 Å². The molecule has 0 unspecified atom stereocenters. The molecule has 1 fully saturated rings. The van der Waals surface area contributed by atoms with Crippen molar-refractivity contribution in [3.63, 3.8) is 0 Å². The molecule has 0 saturated heterocycles. The Morgan fingerprint density at radius 1 is 1.32 bits per heavy atom. The fraction of sp³-hybridized carbons (Fsp3) is 0.533. The fourth-order valence-corrected chi connectivity index (χ4v) is 2.84. The summed E-state index contributed by atoms with van der Waals surface area (Å²) in [6.45, 7) is 1.99. The predicted octanol–water partition coefficient (Wildman–Crippen LogP) is 3.91. The minimum atomic E-state index is 0.559. The first-order chi connectivity index (χ1) is 9.08. The van der Waals surface area contributed by atoms with Crippen molar-refractivity contribution in [3.05, 3.63) is 28.8 Å². The predicted molar refractivity (Wildman–Crippen MR) is 82.7 cm³/mol. The Hall–Kier alpha value is -1.22. The standard InChI is InChI=1S/C15H22ClN3/c1-11(14-10-12(16)8-9-15(14)17)18-19(2)13-6-4-3-5-7-13/h8-10,13H,3-7,17H2,1-2H3/b18-11+. The average molecular weight is 280 g/mol. The molecule has 1 aromatic rings. The van der Waals surface area contributed by atoms with E-state index in [-0.39, 0.29) is 0 Å². The van der Waals surface area contributed by atoms with Crippen LogP contribution < -0.4 is 5.73 Å². The molecule has 3 nitrogen and oxygen atoms in total. The van der Waals surface area contributed by atoms with Gasteiger partial charge in [-0.25, -0.2) is 0 Å². The number of hydrogen-bond acceptors (Lipinski definition) is 3. The third-order valence-corrected chi connectivity index (χ3v) is 4.05. The van der Waals surface area contributed by atoms with Crippen LogP contribution in [-0.2, 0) is 0 Å². The molecule has 0 bridgehead atoms. The van der Waals surface area contributed by atoms with E-state index in [0.717, 1.165) is 17.0 Å². The lowest BCUT2D eigenvalue weighted by Gasteiger charge is -2.29. The first-order valence-electron chi connectivity index (χ1n) is 6.91. The Morgan fingerprint density at radius 2 is 2.00 bits per heavy atom. The van der Waals surface area contributed by atoms with Crippen LogP contribution in [0.4, 0.5) is 5.69 Å². The number of hydrogen-bond donors (Lipinski definition) is 1. The second kappa shape index (κ2) is 6.29. The van der Waals surface area contributed by atoms with Crippen LogP contribution in [0.1, 0.15) is 44.6 Å². The molecule has 1 saturated carbocycles. The third-order valence-electron chi connectivity index (χ3n) is 3.82. The highest BCUT2D eigenvalue weighted by atomic mass is 35.5. The molecule has 1 aromatic carbocycles. The maximum atomic E-state index is 6.02. The topological polar surface area (TPSA) is 41.6 Å². The van der Waals surface area contributed by atoms with Gasteiger partial charge in [-0.15, -0.1) is 0 Å². The van der Waals surface area contributed by atoms with E-state index < -0.39 is 0 Å². The van der Waals surface area contributed by atoms with Crippen molar-refractivity contribution in [1.82, 2.24) is 5.01 Å². The lowest BCUT2D eigenvalue weighted by molar-refractivity contribution is 0.199. The molecule has 0 aromatic heterocycles. The van der Waals surface area contributed by atoms with Gasteiger partial charge in [-0.2, -0.15) is 5.10 Å². The van der Waals surface area contributed by atoms with Gasteiger partial charge in [0.25, 0.3) is 0 Å². The molecule has 0 heterocycles. The maximum absolute atomic E-state index is 6.02. The average Bonchev–Trinajstić information content (AvgIpc) is 2.42. The molecule has 2 N–H and O–H groups in total. The minimum absolute atomic E-state index is 0.559. The number of halogens is 1. The van der Waals surface area contributed by atoms with Crippen LogP contribution >= 0.6 is 11.6 Å². The van der Waals surface area contributed by atoms with Crippen LogP contribution in [0.2, 0.25) is 5.02 Å². The molecule has 19 heavy (non-hydrogen) atoms. The number of nitrogens with zero attached hydrogens (tertiary/aromatic N) is 2. The van der Waals surface area contributed by atoms with Gasteiger partial charge < -0.3 is 5.73 Å². The summed E-state index contributed by atoms with van der Waals surface area (Å²) < 4.78 is 0. The zero-order valence-corrected chi connectivity index (χ0v) is 12.5. The summed E-state index contributed by atoms with van der Waals surface area (Å²) in [5.74, 6) is 0. The zero-order chi connectivity index (χ0) is 13.8. The first kappa shape index (κ1) is 14.2. The molecule has 0 atom stereocenters. The van der Waals surface area contributed by atoms with Crippen LogP contribution in [0.3, 0.4) is 0 Å². The Kier molecular flexibility index (Phi) is 4.70. The van der Waals surface area contributed by atoms with Crippen molar-refractivity contribution >= 4 is 23.0 Å². The van der Waals surface area contributed by atoms with Crippen LogP contribution in [-0.4, -0.2) is 23.8 Å². The van der Waals surface area contributed by atoms with Crippen molar-refractivity contribution in [2.75, 3.05) is 12.8 Å². The molecule has 0 radical (unpaired) electrons. The Labute approximate surface area is 120 Å². The van der Waals surface area contributed by atoms with Crippen LogP contribution in [0.25, 0.3) is 0 Å². The van der Waals surface area contributed by atoms with Crippen LogP contribution in [0.15, 0.2) is 23.3 Å². The number of rotatable bonds is 3. The first-order valence-corrected chi connectivity index (χ1v) is 7.29. The van der Waals surface area contributed by atoms with Crippen molar-refractivity contribution in [2.45, 2.75) is 45.1 Å². The summed E-state index contributed by atoms with van der Waals surface area (Å²) in [5.41, 5.74) is 8.56. The molecule has 1 aliphatic carbocycles. The van der Waals surface area contributed by atoms with E-state index >= 15 is 0 Å². The van der Waals surface area contributed by atoms with Gasteiger partial charge in [0.1, 0.15) is 0 Å². The number of benzene rings is 1. The van der Waals surface area contributed by atoms with E-state index in [0.29, 0.717) is 11.1 Å². The normalized spacial score (nSPS) is 17.5. The largest absolute Gasteiger partial charge is 0.398 e. The van der Waals surface area contributed by atoms with Gasteiger partial charge in [-0.3, -0.25) is 5.01 Å². The third kappa shape index (κ3) is 3.63. The monoisotopic (exact) mass is 279 g/mol. The number of nitrogens with two attached hydrogens (primary N) is 1. The van der Waals surface area contributed by atoms with Gasteiger partial charge >= 0.3 is 0 Å². The molecule has 1 aliphatic rings. The van der Waals surface area contributed by atoms with Gasteiger partial charge in [0.2, 0.25) is 0 Å². The minimum Gasteiger partial charge on any atom is -0.398 e. The SMILES string of the molecule is C/C(=N\N(C)C1CCCCC1)c1cc(Cl)ccc1N. The molecule has 0 spiro atoms. The highest BCUT2D eigenvalue weighted by Crippen LogP contribution is 2.23. The second-order valence-corrected chi connectivity index (χ2v) is 5.72. The van der Waals surface area contributed by atoms with Gasteiger partial charge in [-0.05, 0) is 38.0 Å². The summed E-state index contributed by atoms with van der Waals surface area (Å²) in [6, 6.07) is 6.07.